The number of hydrogen-bond acceptors (Lipinski definition) is 6. The van der Waals surface area contributed by atoms with Crippen LogP contribution < -0.4 is 9.47 Å². The third-order valence-corrected chi connectivity index (χ3v) is 5.65. The third-order valence-electron chi connectivity index (χ3n) is 4.27. The van der Waals surface area contributed by atoms with Crippen molar-refractivity contribution in [3.63, 3.8) is 0 Å². The second-order valence-electron chi connectivity index (χ2n) is 6.05. The Balaban J connectivity index is 2.08. The molecule has 0 bridgehead atoms. The first kappa shape index (κ1) is 20.6. The van der Waals surface area contributed by atoms with Crippen LogP contribution in [0.2, 0.25) is 0 Å². The van der Waals surface area contributed by atoms with Crippen LogP contribution in [0.25, 0.3) is 16.8 Å². The van der Waals surface area contributed by atoms with Crippen LogP contribution in [-0.4, -0.2) is 48.6 Å². The molecular formula is C21H23NO4S2. The van der Waals surface area contributed by atoms with Gasteiger partial charge in [-0.2, -0.15) is 0 Å². The Morgan fingerprint density at radius 1 is 1.14 bits per heavy atom. The molecule has 0 atom stereocenters. The van der Waals surface area contributed by atoms with E-state index in [0.717, 1.165) is 27.8 Å². The number of methoxy groups -OCH3 is 1. The number of thioether (sulfide) groups is 1. The summed E-state index contributed by atoms with van der Waals surface area (Å²) in [5, 5.41) is 2.02. The van der Waals surface area contributed by atoms with E-state index in [1.165, 1.54) is 11.8 Å². The van der Waals surface area contributed by atoms with Gasteiger partial charge in [-0.25, -0.2) is 0 Å². The van der Waals surface area contributed by atoms with Crippen LogP contribution in [0.3, 0.4) is 0 Å². The molecule has 1 aliphatic heterocycles. The van der Waals surface area contributed by atoms with Crippen molar-refractivity contribution in [3.8, 4) is 11.5 Å². The number of rotatable bonds is 8. The van der Waals surface area contributed by atoms with Gasteiger partial charge in [-0.3, -0.25) is 9.69 Å². The minimum Gasteiger partial charge on any atom is -0.494 e. The monoisotopic (exact) mass is 417 g/mol. The summed E-state index contributed by atoms with van der Waals surface area (Å²) in [6.45, 7) is 5.90. The highest BCUT2D eigenvalue weighted by atomic mass is 32.2. The van der Waals surface area contributed by atoms with Crippen molar-refractivity contribution < 1.29 is 19.0 Å². The van der Waals surface area contributed by atoms with Crippen molar-refractivity contribution in [2.24, 2.45) is 0 Å². The van der Waals surface area contributed by atoms with Gasteiger partial charge in [0, 0.05) is 12.7 Å². The van der Waals surface area contributed by atoms with Gasteiger partial charge in [-0.1, -0.05) is 36.1 Å². The van der Waals surface area contributed by atoms with Crippen molar-refractivity contribution in [2.75, 3.05) is 33.5 Å². The molecule has 148 valence electrons. The first-order chi connectivity index (χ1) is 13.6. The largest absolute Gasteiger partial charge is 0.494 e. The third kappa shape index (κ3) is 4.32. The van der Waals surface area contributed by atoms with E-state index in [9.17, 15) is 4.79 Å². The van der Waals surface area contributed by atoms with Gasteiger partial charge in [0.15, 0.2) is 0 Å². The van der Waals surface area contributed by atoms with Gasteiger partial charge in [0.05, 0.1) is 31.3 Å². The maximum atomic E-state index is 12.8. The molecule has 1 aliphatic rings. The number of carbonyl (C=O) groups is 1. The first-order valence-electron chi connectivity index (χ1n) is 9.15. The molecular weight excluding hydrogens is 394 g/mol. The molecule has 0 radical (unpaired) electrons. The Morgan fingerprint density at radius 3 is 2.61 bits per heavy atom. The summed E-state index contributed by atoms with van der Waals surface area (Å²) in [5.74, 6) is 1.41. The van der Waals surface area contributed by atoms with Gasteiger partial charge in [-0.15, -0.1) is 0 Å². The lowest BCUT2D eigenvalue weighted by Gasteiger charge is -2.14. The standard InChI is InChI=1S/C21H23NO4S2/c1-4-25-15-8-6-14-7-9-18(26-5-2)17(16(14)12-15)13-19-20(23)22(10-11-24-3)21(27)28-19/h6-9,12-13H,4-5,10-11H2,1-3H3/b19-13-. The predicted octanol–water partition coefficient (Wildman–Crippen LogP) is 4.48. The van der Waals surface area contributed by atoms with E-state index < -0.39 is 0 Å². The average molecular weight is 418 g/mol. The fourth-order valence-electron chi connectivity index (χ4n) is 3.00. The number of ether oxygens (including phenoxy) is 3. The zero-order chi connectivity index (χ0) is 20.1. The van der Waals surface area contributed by atoms with E-state index in [1.54, 1.807) is 12.0 Å². The van der Waals surface area contributed by atoms with E-state index in [1.807, 2.05) is 50.3 Å². The number of nitrogens with zero attached hydrogens (tertiary/aromatic N) is 1. The van der Waals surface area contributed by atoms with Crippen LogP contribution in [-0.2, 0) is 9.53 Å². The molecule has 1 saturated heterocycles. The van der Waals surface area contributed by atoms with Crippen LogP contribution in [0.15, 0.2) is 35.2 Å². The van der Waals surface area contributed by atoms with Gasteiger partial charge in [-0.05, 0) is 48.9 Å². The Hall–Kier alpha value is -2.09. The van der Waals surface area contributed by atoms with E-state index in [2.05, 4.69) is 0 Å². The normalized spacial score (nSPS) is 15.7. The van der Waals surface area contributed by atoms with Crippen LogP contribution in [0, 0.1) is 0 Å². The quantitative estimate of drug-likeness (QED) is 0.466. The fraction of sp³-hybridized carbons (Fsp3) is 0.333. The molecule has 2 aromatic rings. The zero-order valence-electron chi connectivity index (χ0n) is 16.2. The lowest BCUT2D eigenvalue weighted by atomic mass is 10.0. The van der Waals surface area contributed by atoms with Crippen molar-refractivity contribution in [1.82, 2.24) is 4.90 Å². The lowest BCUT2D eigenvalue weighted by molar-refractivity contribution is -0.122. The summed E-state index contributed by atoms with van der Waals surface area (Å²) in [7, 11) is 1.61. The number of thiocarbonyl (C=S) groups is 1. The zero-order valence-corrected chi connectivity index (χ0v) is 17.8. The van der Waals surface area contributed by atoms with Crippen molar-refractivity contribution in [1.29, 1.82) is 0 Å². The summed E-state index contributed by atoms with van der Waals surface area (Å²) < 4.78 is 17.1. The lowest BCUT2D eigenvalue weighted by Crippen LogP contribution is -2.31. The Bertz CT molecular complexity index is 921. The minimum atomic E-state index is -0.104. The molecule has 7 heteroatoms. The SMILES string of the molecule is CCOc1ccc2ccc(OCC)c(/C=C3\SC(=S)N(CCOC)C3=O)c2c1. The van der Waals surface area contributed by atoms with Crippen LogP contribution in [0.4, 0.5) is 0 Å². The number of amides is 1. The summed E-state index contributed by atoms with van der Waals surface area (Å²) in [5.41, 5.74) is 0.855. The Morgan fingerprint density at radius 2 is 1.89 bits per heavy atom. The number of benzene rings is 2. The molecule has 0 aliphatic carbocycles. The maximum Gasteiger partial charge on any atom is 0.266 e. The van der Waals surface area contributed by atoms with Crippen molar-refractivity contribution in [3.05, 3.63) is 40.8 Å². The van der Waals surface area contributed by atoms with E-state index in [0.29, 0.717) is 35.6 Å². The Kier molecular flexibility index (Phi) is 6.93. The minimum absolute atomic E-state index is 0.104. The second-order valence-corrected chi connectivity index (χ2v) is 7.73. The average Bonchev–Trinajstić information content (AvgIpc) is 2.95. The number of fused-ring (bicyclic) bond motifs is 1. The molecule has 0 aromatic heterocycles. The van der Waals surface area contributed by atoms with Crippen LogP contribution >= 0.6 is 24.0 Å². The summed E-state index contributed by atoms with van der Waals surface area (Å²) >= 11 is 6.68. The highest BCUT2D eigenvalue weighted by molar-refractivity contribution is 8.26. The molecule has 1 fully saturated rings. The molecule has 0 saturated carbocycles. The smallest absolute Gasteiger partial charge is 0.266 e. The molecule has 1 heterocycles. The summed E-state index contributed by atoms with van der Waals surface area (Å²) in [6.07, 6.45) is 1.87. The maximum absolute atomic E-state index is 12.8. The molecule has 28 heavy (non-hydrogen) atoms. The van der Waals surface area contributed by atoms with Gasteiger partial charge >= 0.3 is 0 Å². The molecule has 3 rings (SSSR count). The molecule has 2 aromatic carbocycles. The Labute approximate surface area is 174 Å². The summed E-state index contributed by atoms with van der Waals surface area (Å²) in [6, 6.07) is 9.89. The fourth-order valence-corrected chi connectivity index (χ4v) is 4.29. The van der Waals surface area contributed by atoms with E-state index >= 15 is 0 Å². The molecule has 5 nitrogen and oxygen atoms in total. The van der Waals surface area contributed by atoms with Gasteiger partial charge in [0.1, 0.15) is 15.8 Å². The molecule has 0 spiro atoms. The summed E-state index contributed by atoms with van der Waals surface area (Å²) in [4.78, 5) is 15.0. The molecule has 0 unspecified atom stereocenters. The van der Waals surface area contributed by atoms with Crippen LogP contribution in [0.1, 0.15) is 19.4 Å². The van der Waals surface area contributed by atoms with Crippen LogP contribution in [0.5, 0.6) is 11.5 Å². The highest BCUT2D eigenvalue weighted by Gasteiger charge is 2.32. The van der Waals surface area contributed by atoms with Gasteiger partial charge < -0.3 is 14.2 Å². The molecule has 1 amide bonds. The molecule has 0 N–H and O–H groups in total. The van der Waals surface area contributed by atoms with E-state index in [4.69, 9.17) is 26.4 Å². The predicted molar refractivity (Wildman–Crippen MR) is 118 cm³/mol. The first-order valence-corrected chi connectivity index (χ1v) is 10.4. The number of hydrogen-bond donors (Lipinski definition) is 0. The topological polar surface area (TPSA) is 48.0 Å². The van der Waals surface area contributed by atoms with Gasteiger partial charge in [0.2, 0.25) is 0 Å². The van der Waals surface area contributed by atoms with E-state index in [-0.39, 0.29) is 5.91 Å². The number of carbonyl (C=O) groups excluding carboxylic acids is 1. The second kappa shape index (κ2) is 9.41. The van der Waals surface area contributed by atoms with Crippen molar-refractivity contribution >= 4 is 51.1 Å². The van der Waals surface area contributed by atoms with Crippen molar-refractivity contribution in [2.45, 2.75) is 13.8 Å². The highest BCUT2D eigenvalue weighted by Crippen LogP contribution is 2.37. The van der Waals surface area contributed by atoms with Gasteiger partial charge in [0.25, 0.3) is 5.91 Å².